The number of sulfone groups is 1. The van der Waals surface area contributed by atoms with Crippen LogP contribution in [-0.2, 0) is 9.84 Å². The summed E-state index contributed by atoms with van der Waals surface area (Å²) < 4.78 is 23.2. The van der Waals surface area contributed by atoms with Crippen LogP contribution in [0.5, 0.6) is 0 Å². The van der Waals surface area contributed by atoms with E-state index in [0.29, 0.717) is 11.7 Å². The monoisotopic (exact) mass is 188 g/mol. The van der Waals surface area contributed by atoms with E-state index >= 15 is 0 Å². The molecule has 1 aliphatic carbocycles. The van der Waals surface area contributed by atoms with Crippen LogP contribution in [-0.4, -0.2) is 19.4 Å². The van der Waals surface area contributed by atoms with Gasteiger partial charge in [0.1, 0.15) is 0 Å². The van der Waals surface area contributed by atoms with Gasteiger partial charge in [-0.15, -0.1) is 0 Å². The zero-order valence-corrected chi connectivity index (χ0v) is 8.15. The van der Waals surface area contributed by atoms with Gasteiger partial charge in [0, 0.05) is 0 Å². The average Bonchev–Trinajstić information content (AvgIpc) is 2.04. The molecule has 2 nitrogen and oxygen atoms in total. The average molecular weight is 188 g/mol. The lowest BCUT2D eigenvalue weighted by atomic mass is 9.85. The number of rotatable bonds is 0. The summed E-state index contributed by atoms with van der Waals surface area (Å²) in [7, 11) is -2.68. The molecular formula is C9H16O2S. The van der Waals surface area contributed by atoms with Crippen LogP contribution in [0.15, 0.2) is 0 Å². The second kappa shape index (κ2) is 3.02. The van der Waals surface area contributed by atoms with Crippen LogP contribution in [0.3, 0.4) is 0 Å². The van der Waals surface area contributed by atoms with Crippen molar-refractivity contribution < 1.29 is 8.42 Å². The Bertz CT molecular complexity index is 254. The van der Waals surface area contributed by atoms with Gasteiger partial charge in [0.25, 0.3) is 0 Å². The van der Waals surface area contributed by atoms with E-state index in [1.807, 2.05) is 0 Å². The van der Waals surface area contributed by atoms with E-state index < -0.39 is 9.84 Å². The van der Waals surface area contributed by atoms with E-state index in [2.05, 4.69) is 0 Å². The maximum Gasteiger partial charge on any atom is 0.153 e. The molecule has 12 heavy (non-hydrogen) atoms. The predicted octanol–water partition coefficient (Wildman–Crippen LogP) is 1.75. The minimum Gasteiger partial charge on any atom is -0.229 e. The fourth-order valence-electron chi connectivity index (χ4n) is 2.67. The van der Waals surface area contributed by atoms with Crippen LogP contribution in [0.1, 0.15) is 38.5 Å². The molecule has 1 heterocycles. The van der Waals surface area contributed by atoms with Crippen molar-refractivity contribution in [1.82, 2.24) is 0 Å². The van der Waals surface area contributed by atoms with Gasteiger partial charge < -0.3 is 0 Å². The number of fused-ring (bicyclic) bond motifs is 1. The largest absolute Gasteiger partial charge is 0.229 e. The summed E-state index contributed by atoms with van der Waals surface area (Å²) in [6, 6.07) is 0. The zero-order chi connectivity index (χ0) is 8.60. The van der Waals surface area contributed by atoms with Crippen LogP contribution < -0.4 is 0 Å². The normalized spacial score (nSPS) is 40.3. The van der Waals surface area contributed by atoms with Crippen molar-refractivity contribution in [2.75, 3.05) is 5.75 Å². The number of hydrogen-bond donors (Lipinski definition) is 0. The molecule has 0 aromatic carbocycles. The van der Waals surface area contributed by atoms with Crippen LogP contribution in [0, 0.1) is 5.92 Å². The van der Waals surface area contributed by atoms with Gasteiger partial charge in [-0.1, -0.05) is 12.8 Å². The summed E-state index contributed by atoms with van der Waals surface area (Å²) in [4.78, 5) is 0. The zero-order valence-electron chi connectivity index (χ0n) is 7.33. The van der Waals surface area contributed by atoms with Crippen molar-refractivity contribution in [3.8, 4) is 0 Å². The summed E-state index contributed by atoms with van der Waals surface area (Å²) in [5.41, 5.74) is 0. The van der Waals surface area contributed by atoms with Gasteiger partial charge in [0.2, 0.25) is 0 Å². The van der Waals surface area contributed by atoms with E-state index in [9.17, 15) is 8.42 Å². The molecule has 1 saturated carbocycles. The lowest BCUT2D eigenvalue weighted by Crippen LogP contribution is -2.38. The van der Waals surface area contributed by atoms with E-state index in [1.165, 1.54) is 6.42 Å². The highest BCUT2D eigenvalue weighted by atomic mass is 32.2. The van der Waals surface area contributed by atoms with Gasteiger partial charge in [-0.3, -0.25) is 0 Å². The van der Waals surface area contributed by atoms with Gasteiger partial charge in [0.05, 0.1) is 11.0 Å². The highest BCUT2D eigenvalue weighted by molar-refractivity contribution is 7.92. The first-order valence-corrected chi connectivity index (χ1v) is 6.63. The third-order valence-electron chi connectivity index (χ3n) is 3.30. The van der Waals surface area contributed by atoms with Crippen molar-refractivity contribution >= 4 is 9.84 Å². The molecule has 0 aromatic rings. The second-order valence-electron chi connectivity index (χ2n) is 4.09. The van der Waals surface area contributed by atoms with E-state index in [4.69, 9.17) is 0 Å². The highest BCUT2D eigenvalue weighted by Gasteiger charge is 2.37. The molecule has 2 fully saturated rings. The molecule has 3 heteroatoms. The first kappa shape index (κ1) is 8.54. The third kappa shape index (κ3) is 1.39. The van der Waals surface area contributed by atoms with Gasteiger partial charge in [-0.2, -0.15) is 0 Å². The molecule has 0 bridgehead atoms. The van der Waals surface area contributed by atoms with Crippen molar-refractivity contribution in [3.63, 3.8) is 0 Å². The molecule has 0 aromatic heterocycles. The first-order chi connectivity index (χ1) is 5.70. The van der Waals surface area contributed by atoms with Gasteiger partial charge in [-0.05, 0) is 31.6 Å². The summed E-state index contributed by atoms with van der Waals surface area (Å²) in [6.45, 7) is 0. The van der Waals surface area contributed by atoms with E-state index in [-0.39, 0.29) is 5.25 Å². The Morgan fingerprint density at radius 3 is 2.33 bits per heavy atom. The Labute approximate surface area is 74.3 Å². The summed E-state index contributed by atoms with van der Waals surface area (Å²) >= 11 is 0. The molecule has 0 spiro atoms. The Morgan fingerprint density at radius 1 is 0.917 bits per heavy atom. The van der Waals surface area contributed by atoms with Crippen molar-refractivity contribution in [1.29, 1.82) is 0 Å². The molecule has 2 aliphatic rings. The second-order valence-corrected chi connectivity index (χ2v) is 6.43. The van der Waals surface area contributed by atoms with Crippen molar-refractivity contribution in [2.45, 2.75) is 43.8 Å². The minimum absolute atomic E-state index is 0.0417. The fraction of sp³-hybridized carbons (Fsp3) is 1.00. The van der Waals surface area contributed by atoms with Gasteiger partial charge in [-0.25, -0.2) is 8.42 Å². The smallest absolute Gasteiger partial charge is 0.153 e. The van der Waals surface area contributed by atoms with Crippen molar-refractivity contribution in [2.24, 2.45) is 5.92 Å². The predicted molar refractivity (Wildman–Crippen MR) is 48.8 cm³/mol. The summed E-state index contributed by atoms with van der Waals surface area (Å²) in [5.74, 6) is 0.964. The van der Waals surface area contributed by atoms with Crippen LogP contribution in [0.25, 0.3) is 0 Å². The topological polar surface area (TPSA) is 34.1 Å². The Morgan fingerprint density at radius 2 is 1.58 bits per heavy atom. The molecule has 1 saturated heterocycles. The third-order valence-corrected chi connectivity index (χ3v) is 5.71. The molecule has 0 unspecified atom stereocenters. The molecule has 2 rings (SSSR count). The Balaban J connectivity index is 2.20. The van der Waals surface area contributed by atoms with Crippen molar-refractivity contribution in [3.05, 3.63) is 0 Å². The molecule has 2 atom stereocenters. The van der Waals surface area contributed by atoms with E-state index in [0.717, 1.165) is 32.1 Å². The standard InChI is InChI=1S/C9H16O2S/c10-12(11)7-3-5-8-4-1-2-6-9(8)12/h8-9H,1-7H2/t8-,9+/m0/s1. The quantitative estimate of drug-likeness (QED) is 0.580. The van der Waals surface area contributed by atoms with Gasteiger partial charge in [0.15, 0.2) is 9.84 Å². The maximum atomic E-state index is 11.6. The lowest BCUT2D eigenvalue weighted by Gasteiger charge is -2.34. The molecule has 0 N–H and O–H groups in total. The minimum atomic E-state index is -2.68. The summed E-state index contributed by atoms with van der Waals surface area (Å²) in [6.07, 6.45) is 6.53. The van der Waals surface area contributed by atoms with Crippen LogP contribution in [0.2, 0.25) is 0 Å². The SMILES string of the molecule is O=S1(=O)CCC[C@@H]2CCCC[C@H]21. The fourth-order valence-corrected chi connectivity index (χ4v) is 4.93. The number of hydrogen-bond acceptors (Lipinski definition) is 2. The van der Waals surface area contributed by atoms with Crippen LogP contribution in [0.4, 0.5) is 0 Å². The first-order valence-electron chi connectivity index (χ1n) is 4.92. The maximum absolute atomic E-state index is 11.6. The molecule has 0 amide bonds. The molecule has 70 valence electrons. The molecule has 0 radical (unpaired) electrons. The highest BCUT2D eigenvalue weighted by Crippen LogP contribution is 2.36. The molecular weight excluding hydrogens is 172 g/mol. The summed E-state index contributed by atoms with van der Waals surface area (Å²) in [5, 5.41) is 0.0417. The van der Waals surface area contributed by atoms with Gasteiger partial charge >= 0.3 is 0 Å². The Kier molecular flexibility index (Phi) is 2.15. The molecule has 1 aliphatic heterocycles. The van der Waals surface area contributed by atoms with Crippen LogP contribution >= 0.6 is 0 Å². The Hall–Kier alpha value is -0.0500. The lowest BCUT2D eigenvalue weighted by molar-refractivity contribution is 0.323. The van der Waals surface area contributed by atoms with E-state index in [1.54, 1.807) is 0 Å².